The van der Waals surface area contributed by atoms with Crippen molar-refractivity contribution in [1.29, 1.82) is 0 Å². The van der Waals surface area contributed by atoms with Crippen molar-refractivity contribution in [2.24, 2.45) is 0 Å². The van der Waals surface area contributed by atoms with E-state index in [0.29, 0.717) is 17.4 Å². The number of ether oxygens (including phenoxy) is 3. The smallest absolute Gasteiger partial charge is 0.419 e. The van der Waals surface area contributed by atoms with Gasteiger partial charge in [0.2, 0.25) is 5.91 Å². The molecule has 2 aromatic carbocycles. The number of ketones is 1. The first-order valence-electron chi connectivity index (χ1n) is 11.1. The van der Waals surface area contributed by atoms with Crippen LogP contribution in [0.4, 0.5) is 18.0 Å². The molecule has 1 aliphatic heterocycles. The topological polar surface area (TPSA) is 114 Å². The SMILES string of the molecule is COc1ccc(COc2ccc(C(=O)CNC(=O)C3(C)COC(C)(C)N3C(=O)O)cc2C(F)(F)F)cc1. The Labute approximate surface area is 211 Å². The second-order valence-electron chi connectivity index (χ2n) is 9.08. The summed E-state index contributed by atoms with van der Waals surface area (Å²) in [7, 11) is 1.49. The highest BCUT2D eigenvalue weighted by molar-refractivity contribution is 6.01. The van der Waals surface area contributed by atoms with Crippen molar-refractivity contribution in [1.82, 2.24) is 10.2 Å². The van der Waals surface area contributed by atoms with E-state index in [0.717, 1.165) is 11.0 Å². The molecule has 2 amide bonds. The number of carboxylic acid groups (broad SMARTS) is 1. The van der Waals surface area contributed by atoms with Crippen molar-refractivity contribution in [2.45, 2.75) is 44.8 Å². The molecule has 12 heteroatoms. The zero-order valence-corrected chi connectivity index (χ0v) is 20.6. The van der Waals surface area contributed by atoms with Gasteiger partial charge in [0, 0.05) is 5.56 Å². The van der Waals surface area contributed by atoms with E-state index in [1.165, 1.54) is 33.9 Å². The van der Waals surface area contributed by atoms with E-state index in [4.69, 9.17) is 14.2 Å². The zero-order valence-electron chi connectivity index (χ0n) is 20.6. The number of Topliss-reactive ketones (excluding diaryl/α,β-unsaturated/α-hetero) is 1. The molecule has 0 spiro atoms. The van der Waals surface area contributed by atoms with Gasteiger partial charge in [-0.1, -0.05) is 12.1 Å². The number of benzene rings is 2. The Bertz CT molecular complexity index is 1180. The fourth-order valence-electron chi connectivity index (χ4n) is 4.04. The van der Waals surface area contributed by atoms with E-state index in [2.05, 4.69) is 5.32 Å². The summed E-state index contributed by atoms with van der Waals surface area (Å²) in [5.74, 6) is -1.49. The highest BCUT2D eigenvalue weighted by Crippen LogP contribution is 2.38. The van der Waals surface area contributed by atoms with Crippen LogP contribution in [0, 0.1) is 0 Å². The number of hydrogen-bond acceptors (Lipinski definition) is 6. The van der Waals surface area contributed by atoms with Crippen LogP contribution in [0.2, 0.25) is 0 Å². The van der Waals surface area contributed by atoms with Crippen LogP contribution in [0.25, 0.3) is 0 Å². The maximum Gasteiger partial charge on any atom is 0.419 e. The minimum atomic E-state index is -4.81. The summed E-state index contributed by atoms with van der Waals surface area (Å²) < 4.78 is 57.0. The molecular weight excluding hydrogens is 497 g/mol. The lowest BCUT2D eigenvalue weighted by Crippen LogP contribution is -2.61. The molecule has 0 radical (unpaired) electrons. The van der Waals surface area contributed by atoms with Crippen molar-refractivity contribution >= 4 is 17.8 Å². The van der Waals surface area contributed by atoms with Crippen LogP contribution >= 0.6 is 0 Å². The lowest BCUT2D eigenvalue weighted by Gasteiger charge is -2.36. The minimum Gasteiger partial charge on any atom is -0.497 e. The Morgan fingerprint density at radius 2 is 1.76 bits per heavy atom. The summed E-state index contributed by atoms with van der Waals surface area (Å²) in [6.45, 7) is 3.24. The number of nitrogens with zero attached hydrogens (tertiary/aromatic N) is 1. The molecule has 2 aromatic rings. The van der Waals surface area contributed by atoms with Crippen LogP contribution in [0.3, 0.4) is 0 Å². The maximum atomic E-state index is 13.7. The number of nitrogens with one attached hydrogen (secondary N) is 1. The molecule has 2 N–H and O–H groups in total. The first-order valence-corrected chi connectivity index (χ1v) is 11.1. The summed E-state index contributed by atoms with van der Waals surface area (Å²) in [4.78, 5) is 38.0. The zero-order chi connectivity index (χ0) is 27.6. The molecule has 0 aromatic heterocycles. The average Bonchev–Trinajstić information content (AvgIpc) is 3.10. The van der Waals surface area contributed by atoms with Crippen LogP contribution < -0.4 is 14.8 Å². The summed E-state index contributed by atoms with van der Waals surface area (Å²) >= 11 is 0. The number of halogens is 3. The van der Waals surface area contributed by atoms with E-state index in [1.807, 2.05) is 0 Å². The molecule has 9 nitrogen and oxygen atoms in total. The van der Waals surface area contributed by atoms with Gasteiger partial charge in [0.25, 0.3) is 0 Å². The molecular formula is C25H27F3N2O7. The van der Waals surface area contributed by atoms with Crippen LogP contribution in [0.1, 0.15) is 42.3 Å². The number of alkyl halides is 3. The van der Waals surface area contributed by atoms with Crippen LogP contribution in [0.15, 0.2) is 42.5 Å². The quantitative estimate of drug-likeness (QED) is 0.500. The first-order chi connectivity index (χ1) is 17.2. The Kier molecular flexibility index (Phi) is 7.72. The number of methoxy groups -OCH3 is 1. The molecule has 0 bridgehead atoms. The van der Waals surface area contributed by atoms with Gasteiger partial charge in [0.15, 0.2) is 5.78 Å². The molecule has 1 saturated heterocycles. The molecule has 200 valence electrons. The van der Waals surface area contributed by atoms with Crippen LogP contribution in [-0.2, 0) is 22.3 Å². The fraction of sp³-hybridized carbons (Fsp3) is 0.400. The molecule has 0 saturated carbocycles. The number of amides is 2. The van der Waals surface area contributed by atoms with Crippen molar-refractivity contribution in [3.63, 3.8) is 0 Å². The van der Waals surface area contributed by atoms with Gasteiger partial charge in [-0.25, -0.2) is 4.79 Å². The summed E-state index contributed by atoms with van der Waals surface area (Å²) in [5, 5.41) is 11.9. The fourth-order valence-corrected chi connectivity index (χ4v) is 4.04. The molecule has 3 rings (SSSR count). The van der Waals surface area contributed by atoms with Crippen molar-refractivity contribution in [3.8, 4) is 11.5 Å². The van der Waals surface area contributed by atoms with Gasteiger partial charge in [-0.05, 0) is 56.7 Å². The van der Waals surface area contributed by atoms with Crippen LogP contribution in [0.5, 0.6) is 11.5 Å². The standard InChI is InChI=1S/C25H27F3N2O7/c1-23(2)30(22(33)34)24(3,14-37-23)21(32)29-12-19(31)16-7-10-20(18(11-16)25(26,27)28)36-13-15-5-8-17(35-4)9-6-15/h5-11H,12-14H2,1-4H3,(H,29,32)(H,33,34). The van der Waals surface area contributed by atoms with Gasteiger partial charge in [-0.15, -0.1) is 0 Å². The Hall–Kier alpha value is -3.80. The molecule has 1 aliphatic rings. The number of carbonyl (C=O) groups excluding carboxylic acids is 2. The predicted octanol–water partition coefficient (Wildman–Crippen LogP) is 4.10. The van der Waals surface area contributed by atoms with E-state index in [9.17, 15) is 32.7 Å². The number of carbonyl (C=O) groups is 3. The minimum absolute atomic E-state index is 0.145. The average molecular weight is 524 g/mol. The van der Waals surface area contributed by atoms with E-state index >= 15 is 0 Å². The third-order valence-electron chi connectivity index (χ3n) is 5.99. The summed E-state index contributed by atoms with van der Waals surface area (Å²) in [6.07, 6.45) is -6.21. The molecule has 1 fully saturated rings. The van der Waals surface area contributed by atoms with Crippen molar-refractivity contribution in [2.75, 3.05) is 20.3 Å². The highest BCUT2D eigenvalue weighted by Gasteiger charge is 2.56. The Morgan fingerprint density at radius 3 is 2.32 bits per heavy atom. The number of rotatable bonds is 8. The second kappa shape index (κ2) is 10.3. The van der Waals surface area contributed by atoms with Crippen molar-refractivity contribution in [3.05, 3.63) is 59.2 Å². The molecule has 0 aliphatic carbocycles. The van der Waals surface area contributed by atoms with Gasteiger partial charge in [0.05, 0.1) is 25.8 Å². The molecule has 1 heterocycles. The van der Waals surface area contributed by atoms with Gasteiger partial charge in [0.1, 0.15) is 29.4 Å². The first kappa shape index (κ1) is 27.8. The largest absolute Gasteiger partial charge is 0.497 e. The third-order valence-corrected chi connectivity index (χ3v) is 5.99. The molecule has 1 atom stereocenters. The molecule has 1 unspecified atom stereocenters. The summed E-state index contributed by atoms with van der Waals surface area (Å²) in [6, 6.07) is 9.46. The normalized spacial score (nSPS) is 18.8. The van der Waals surface area contributed by atoms with Gasteiger partial charge in [-0.2, -0.15) is 13.2 Å². The van der Waals surface area contributed by atoms with Crippen molar-refractivity contribution < 1.29 is 46.9 Å². The van der Waals surface area contributed by atoms with Gasteiger partial charge >= 0.3 is 12.3 Å². The maximum absolute atomic E-state index is 13.7. The number of hydrogen-bond donors (Lipinski definition) is 2. The van der Waals surface area contributed by atoms with E-state index in [1.54, 1.807) is 24.3 Å². The van der Waals surface area contributed by atoms with Gasteiger partial charge < -0.3 is 24.6 Å². The monoisotopic (exact) mass is 524 g/mol. The van der Waals surface area contributed by atoms with E-state index < -0.39 is 53.1 Å². The van der Waals surface area contributed by atoms with Gasteiger partial charge in [-0.3, -0.25) is 14.5 Å². The lowest BCUT2D eigenvalue weighted by molar-refractivity contribution is -0.139. The second-order valence-corrected chi connectivity index (χ2v) is 9.08. The molecule has 37 heavy (non-hydrogen) atoms. The summed E-state index contributed by atoms with van der Waals surface area (Å²) in [5.41, 5.74) is -3.75. The third kappa shape index (κ3) is 5.96. The lowest BCUT2D eigenvalue weighted by atomic mass is 9.99. The predicted molar refractivity (Wildman–Crippen MR) is 124 cm³/mol. The van der Waals surface area contributed by atoms with E-state index in [-0.39, 0.29) is 18.8 Å². The Morgan fingerprint density at radius 1 is 1.11 bits per heavy atom. The Balaban J connectivity index is 1.72. The highest BCUT2D eigenvalue weighted by atomic mass is 19.4. The van der Waals surface area contributed by atoms with Crippen LogP contribution in [-0.4, -0.2) is 59.3 Å².